The summed E-state index contributed by atoms with van der Waals surface area (Å²) in [5.41, 5.74) is -0.485. The maximum atomic E-state index is 13.8. The average molecular weight is 318 g/mol. The van der Waals surface area contributed by atoms with Crippen LogP contribution >= 0.6 is 0 Å². The first-order valence-electron chi connectivity index (χ1n) is 6.42. The topological polar surface area (TPSA) is 80.5 Å². The fourth-order valence-electron chi connectivity index (χ4n) is 2.38. The molecule has 5 nitrogen and oxygen atoms in total. The van der Waals surface area contributed by atoms with E-state index in [-0.39, 0.29) is 11.8 Å². The summed E-state index contributed by atoms with van der Waals surface area (Å²) < 4.78 is 49.8. The standard InChI is InChI=1S/C13H16F2N2O3S/c1-7-5-17(6-8(7)2)13(18)9-3-12(21(16,19)20)11(15)4-10(9)14/h3-4,7-8H,5-6H2,1-2H3,(H2,16,19,20). The third-order valence-electron chi connectivity index (χ3n) is 3.83. The smallest absolute Gasteiger partial charge is 0.256 e. The Labute approximate surface area is 121 Å². The second-order valence-electron chi connectivity index (χ2n) is 5.47. The Morgan fingerprint density at radius 3 is 2.19 bits per heavy atom. The van der Waals surface area contributed by atoms with Crippen LogP contribution in [0.2, 0.25) is 0 Å². The molecule has 1 aromatic carbocycles. The summed E-state index contributed by atoms with van der Waals surface area (Å²) in [5, 5.41) is 4.86. The van der Waals surface area contributed by atoms with Crippen LogP contribution in [0.15, 0.2) is 17.0 Å². The van der Waals surface area contributed by atoms with Gasteiger partial charge < -0.3 is 4.90 Å². The number of hydrogen-bond donors (Lipinski definition) is 1. The molecule has 1 fully saturated rings. The van der Waals surface area contributed by atoms with E-state index in [1.54, 1.807) is 0 Å². The van der Waals surface area contributed by atoms with Gasteiger partial charge in [-0.15, -0.1) is 0 Å². The van der Waals surface area contributed by atoms with E-state index >= 15 is 0 Å². The molecule has 0 saturated carbocycles. The highest BCUT2D eigenvalue weighted by Gasteiger charge is 2.32. The van der Waals surface area contributed by atoms with Gasteiger partial charge in [0, 0.05) is 19.2 Å². The molecular formula is C13H16F2N2O3S. The largest absolute Gasteiger partial charge is 0.338 e. The number of carbonyl (C=O) groups excluding carboxylic acids is 1. The highest BCUT2D eigenvalue weighted by atomic mass is 32.2. The Morgan fingerprint density at radius 2 is 1.71 bits per heavy atom. The minimum atomic E-state index is -4.36. The molecule has 2 unspecified atom stereocenters. The fourth-order valence-corrected chi connectivity index (χ4v) is 2.99. The van der Waals surface area contributed by atoms with Crippen molar-refractivity contribution in [2.45, 2.75) is 18.7 Å². The van der Waals surface area contributed by atoms with E-state index in [1.807, 2.05) is 13.8 Å². The zero-order valence-electron chi connectivity index (χ0n) is 11.6. The molecule has 1 aliphatic heterocycles. The van der Waals surface area contributed by atoms with Crippen molar-refractivity contribution in [3.8, 4) is 0 Å². The number of benzene rings is 1. The van der Waals surface area contributed by atoms with Crippen LogP contribution in [0.4, 0.5) is 8.78 Å². The van der Waals surface area contributed by atoms with Gasteiger partial charge in [0.1, 0.15) is 16.5 Å². The lowest BCUT2D eigenvalue weighted by molar-refractivity contribution is 0.0780. The first kappa shape index (κ1) is 15.8. The van der Waals surface area contributed by atoms with Crippen LogP contribution in [0.5, 0.6) is 0 Å². The number of rotatable bonds is 2. The summed E-state index contributed by atoms with van der Waals surface area (Å²) >= 11 is 0. The second kappa shape index (κ2) is 5.34. The quantitative estimate of drug-likeness (QED) is 0.893. The molecule has 1 heterocycles. The van der Waals surface area contributed by atoms with Crippen LogP contribution in [-0.2, 0) is 10.0 Å². The molecule has 0 bridgehead atoms. The molecule has 1 saturated heterocycles. The first-order chi connectivity index (χ1) is 9.61. The van der Waals surface area contributed by atoms with Gasteiger partial charge in [-0.2, -0.15) is 0 Å². The van der Waals surface area contributed by atoms with Crippen molar-refractivity contribution >= 4 is 15.9 Å². The number of carbonyl (C=O) groups is 1. The molecule has 116 valence electrons. The van der Waals surface area contributed by atoms with E-state index in [2.05, 4.69) is 0 Å². The molecule has 1 amide bonds. The number of sulfonamides is 1. The minimum absolute atomic E-state index is 0.259. The number of amides is 1. The predicted molar refractivity (Wildman–Crippen MR) is 72.0 cm³/mol. The van der Waals surface area contributed by atoms with Gasteiger partial charge in [-0.05, 0) is 17.9 Å². The molecule has 0 spiro atoms. The highest BCUT2D eigenvalue weighted by molar-refractivity contribution is 7.89. The van der Waals surface area contributed by atoms with Crippen LogP contribution in [0.3, 0.4) is 0 Å². The van der Waals surface area contributed by atoms with E-state index < -0.39 is 38.0 Å². The van der Waals surface area contributed by atoms with Crippen LogP contribution in [0, 0.1) is 23.5 Å². The summed E-state index contributed by atoms with van der Waals surface area (Å²) in [7, 11) is -4.36. The van der Waals surface area contributed by atoms with Crippen molar-refractivity contribution in [1.82, 2.24) is 4.90 Å². The number of primary sulfonamides is 1. The third-order valence-corrected chi connectivity index (χ3v) is 4.76. The second-order valence-corrected chi connectivity index (χ2v) is 7.00. The van der Waals surface area contributed by atoms with Gasteiger partial charge in [0.05, 0.1) is 5.56 Å². The summed E-state index contributed by atoms with van der Waals surface area (Å²) in [4.78, 5) is 12.8. The van der Waals surface area contributed by atoms with Crippen LogP contribution in [-0.4, -0.2) is 32.3 Å². The average Bonchev–Trinajstić information content (AvgIpc) is 2.67. The number of nitrogens with two attached hydrogens (primary N) is 1. The van der Waals surface area contributed by atoms with E-state index in [0.717, 1.165) is 0 Å². The molecule has 1 aliphatic rings. The molecule has 0 aliphatic carbocycles. The van der Waals surface area contributed by atoms with E-state index in [0.29, 0.717) is 25.2 Å². The summed E-state index contributed by atoms with van der Waals surface area (Å²) in [6.07, 6.45) is 0. The van der Waals surface area contributed by atoms with Gasteiger partial charge in [0.25, 0.3) is 5.91 Å². The van der Waals surface area contributed by atoms with Crippen molar-refractivity contribution < 1.29 is 22.0 Å². The number of nitrogens with zero attached hydrogens (tertiary/aromatic N) is 1. The molecule has 21 heavy (non-hydrogen) atoms. The molecule has 1 aromatic rings. The highest BCUT2D eigenvalue weighted by Crippen LogP contribution is 2.26. The number of halogens is 2. The van der Waals surface area contributed by atoms with Crippen LogP contribution in [0.25, 0.3) is 0 Å². The molecule has 2 atom stereocenters. The van der Waals surface area contributed by atoms with Crippen LogP contribution in [0.1, 0.15) is 24.2 Å². The summed E-state index contributed by atoms with van der Waals surface area (Å²) in [6.45, 7) is 4.83. The zero-order valence-corrected chi connectivity index (χ0v) is 12.5. The van der Waals surface area contributed by atoms with E-state index in [9.17, 15) is 22.0 Å². The lowest BCUT2D eigenvalue weighted by atomic mass is 10.0. The van der Waals surface area contributed by atoms with Crippen molar-refractivity contribution in [2.75, 3.05) is 13.1 Å². The molecule has 8 heteroatoms. The maximum Gasteiger partial charge on any atom is 0.256 e. The predicted octanol–water partition coefficient (Wildman–Crippen LogP) is 1.34. The zero-order chi connectivity index (χ0) is 15.9. The van der Waals surface area contributed by atoms with E-state index in [4.69, 9.17) is 5.14 Å². The molecule has 2 rings (SSSR count). The van der Waals surface area contributed by atoms with E-state index in [1.165, 1.54) is 4.90 Å². The maximum absolute atomic E-state index is 13.8. The number of hydrogen-bond acceptors (Lipinski definition) is 3. The van der Waals surface area contributed by atoms with Gasteiger partial charge >= 0.3 is 0 Å². The first-order valence-corrected chi connectivity index (χ1v) is 7.97. The molecule has 0 radical (unpaired) electrons. The lowest BCUT2D eigenvalue weighted by Crippen LogP contribution is -2.30. The molecule has 0 aromatic heterocycles. The van der Waals surface area contributed by atoms with Crippen molar-refractivity contribution in [2.24, 2.45) is 17.0 Å². The Hall–Kier alpha value is -1.54. The Morgan fingerprint density at radius 1 is 1.19 bits per heavy atom. The van der Waals surface area contributed by atoms with Crippen LogP contribution < -0.4 is 5.14 Å². The normalized spacial score (nSPS) is 22.6. The Bertz CT molecular complexity index is 681. The van der Waals surface area contributed by atoms with Gasteiger partial charge in [-0.25, -0.2) is 22.3 Å². The van der Waals surface area contributed by atoms with Gasteiger partial charge in [-0.3, -0.25) is 4.79 Å². The third kappa shape index (κ3) is 3.06. The van der Waals surface area contributed by atoms with Crippen molar-refractivity contribution in [1.29, 1.82) is 0 Å². The Kier molecular flexibility index (Phi) is 4.03. The Balaban J connectivity index is 2.43. The monoisotopic (exact) mass is 318 g/mol. The minimum Gasteiger partial charge on any atom is -0.338 e. The van der Waals surface area contributed by atoms with Gasteiger partial charge in [0.2, 0.25) is 10.0 Å². The SMILES string of the molecule is CC1CN(C(=O)c2cc(S(N)(=O)=O)c(F)cc2F)CC1C. The van der Waals surface area contributed by atoms with Gasteiger partial charge in [0.15, 0.2) is 0 Å². The number of likely N-dealkylation sites (tertiary alicyclic amines) is 1. The summed E-state index contributed by atoms with van der Waals surface area (Å²) in [5.74, 6) is -2.55. The van der Waals surface area contributed by atoms with Crippen molar-refractivity contribution in [3.63, 3.8) is 0 Å². The fraction of sp³-hybridized carbons (Fsp3) is 0.462. The lowest BCUT2D eigenvalue weighted by Gasteiger charge is -2.17. The molecular weight excluding hydrogens is 302 g/mol. The van der Waals surface area contributed by atoms with Gasteiger partial charge in [-0.1, -0.05) is 13.8 Å². The van der Waals surface area contributed by atoms with Crippen molar-refractivity contribution in [3.05, 3.63) is 29.3 Å². The molecule has 2 N–H and O–H groups in total. The summed E-state index contributed by atoms with van der Waals surface area (Å²) in [6, 6.07) is 1.03.